The molecule has 0 fully saturated rings. The molecule has 0 saturated carbocycles. The quantitative estimate of drug-likeness (QED) is 0.661. The molecule has 72 valence electrons. The Kier molecular flexibility index (Phi) is 3.93. The molecule has 0 radical (unpaired) electrons. The summed E-state index contributed by atoms with van der Waals surface area (Å²) in [4.78, 5) is 0. The first kappa shape index (κ1) is 10.2. The van der Waals surface area contributed by atoms with Gasteiger partial charge in [-0.3, -0.25) is 0 Å². The van der Waals surface area contributed by atoms with Gasteiger partial charge in [0.15, 0.2) is 6.29 Å². The van der Waals surface area contributed by atoms with Gasteiger partial charge < -0.3 is 9.47 Å². The Morgan fingerprint density at radius 2 is 1.62 bits per heavy atom. The van der Waals surface area contributed by atoms with E-state index in [4.69, 9.17) is 9.47 Å². The maximum atomic E-state index is 5.11. The van der Waals surface area contributed by atoms with E-state index in [2.05, 4.69) is 31.2 Å². The second-order valence-corrected chi connectivity index (χ2v) is 3.09. The Morgan fingerprint density at radius 1 is 1.08 bits per heavy atom. The summed E-state index contributed by atoms with van der Waals surface area (Å²) in [7, 11) is 3.31. The molecular weight excluding hydrogens is 164 g/mol. The summed E-state index contributed by atoms with van der Waals surface area (Å²) in [6, 6.07) is 8.39. The van der Waals surface area contributed by atoms with Gasteiger partial charge in [0.1, 0.15) is 0 Å². The lowest BCUT2D eigenvalue weighted by molar-refractivity contribution is -0.100. The van der Waals surface area contributed by atoms with Crippen molar-refractivity contribution in [2.75, 3.05) is 14.2 Å². The molecule has 13 heavy (non-hydrogen) atoms. The van der Waals surface area contributed by atoms with Crippen molar-refractivity contribution in [3.63, 3.8) is 0 Å². The number of methoxy groups -OCH3 is 2. The largest absolute Gasteiger partial charge is 0.356 e. The molecule has 0 aliphatic rings. The van der Waals surface area contributed by atoms with Gasteiger partial charge in [-0.25, -0.2) is 0 Å². The molecule has 0 N–H and O–H groups in total. The van der Waals surface area contributed by atoms with Gasteiger partial charge in [0.2, 0.25) is 0 Å². The molecule has 0 aliphatic heterocycles. The fourth-order valence-electron chi connectivity index (χ4n) is 1.18. The number of rotatable bonds is 4. The Balaban J connectivity index is 2.58. The minimum atomic E-state index is -0.136. The van der Waals surface area contributed by atoms with Crippen LogP contribution in [0.15, 0.2) is 24.3 Å². The normalized spacial score (nSPS) is 10.8. The highest BCUT2D eigenvalue weighted by atomic mass is 16.7. The molecule has 2 nitrogen and oxygen atoms in total. The Hall–Kier alpha value is -0.860. The van der Waals surface area contributed by atoms with E-state index in [-0.39, 0.29) is 6.29 Å². The third-order valence-electron chi connectivity index (χ3n) is 2.05. The van der Waals surface area contributed by atoms with E-state index in [0.29, 0.717) is 0 Å². The van der Waals surface area contributed by atoms with Crippen LogP contribution in [0, 0.1) is 6.92 Å². The summed E-state index contributed by atoms with van der Waals surface area (Å²) in [6.07, 6.45) is 0.663. The average molecular weight is 180 g/mol. The predicted octanol–water partition coefficient (Wildman–Crippen LogP) is 2.16. The molecule has 1 rings (SSSR count). The highest BCUT2D eigenvalue weighted by Gasteiger charge is 2.05. The third kappa shape index (κ3) is 3.17. The van der Waals surface area contributed by atoms with Crippen LogP contribution in [0.2, 0.25) is 0 Å². The molecule has 0 bridgehead atoms. The summed E-state index contributed by atoms with van der Waals surface area (Å²) in [5.74, 6) is 0. The van der Waals surface area contributed by atoms with Gasteiger partial charge in [-0.05, 0) is 12.5 Å². The summed E-state index contributed by atoms with van der Waals surface area (Å²) < 4.78 is 10.2. The van der Waals surface area contributed by atoms with E-state index in [9.17, 15) is 0 Å². The molecule has 0 aromatic heterocycles. The number of ether oxygens (including phenoxy) is 2. The molecule has 1 aromatic carbocycles. The van der Waals surface area contributed by atoms with Crippen molar-refractivity contribution in [2.24, 2.45) is 0 Å². The summed E-state index contributed by atoms with van der Waals surface area (Å²) in [5.41, 5.74) is 2.51. The van der Waals surface area contributed by atoms with Gasteiger partial charge in [-0.1, -0.05) is 29.8 Å². The monoisotopic (exact) mass is 180 g/mol. The lowest BCUT2D eigenvalue weighted by Gasteiger charge is -2.12. The SMILES string of the molecule is COC(Cc1ccc(C)cc1)OC. The van der Waals surface area contributed by atoms with Gasteiger partial charge >= 0.3 is 0 Å². The molecule has 0 unspecified atom stereocenters. The van der Waals surface area contributed by atoms with E-state index in [0.717, 1.165) is 6.42 Å². The van der Waals surface area contributed by atoms with E-state index >= 15 is 0 Å². The van der Waals surface area contributed by atoms with Crippen molar-refractivity contribution in [3.05, 3.63) is 35.4 Å². The van der Waals surface area contributed by atoms with E-state index < -0.39 is 0 Å². The maximum absolute atomic E-state index is 5.11. The van der Waals surface area contributed by atoms with Gasteiger partial charge in [0, 0.05) is 20.6 Å². The summed E-state index contributed by atoms with van der Waals surface area (Å²) in [6.45, 7) is 2.08. The van der Waals surface area contributed by atoms with Crippen LogP contribution in [-0.4, -0.2) is 20.5 Å². The number of hydrogen-bond donors (Lipinski definition) is 0. The van der Waals surface area contributed by atoms with Crippen LogP contribution in [0.5, 0.6) is 0 Å². The highest BCUT2D eigenvalue weighted by Crippen LogP contribution is 2.07. The molecule has 0 aliphatic carbocycles. The van der Waals surface area contributed by atoms with Crippen LogP contribution < -0.4 is 0 Å². The number of benzene rings is 1. The van der Waals surface area contributed by atoms with E-state index in [1.54, 1.807) is 14.2 Å². The second kappa shape index (κ2) is 5.00. The standard InChI is InChI=1S/C11H16O2/c1-9-4-6-10(7-5-9)8-11(12-2)13-3/h4-7,11H,8H2,1-3H3. The first-order valence-corrected chi connectivity index (χ1v) is 4.37. The minimum absolute atomic E-state index is 0.136. The third-order valence-corrected chi connectivity index (χ3v) is 2.05. The highest BCUT2D eigenvalue weighted by molar-refractivity contribution is 5.21. The lowest BCUT2D eigenvalue weighted by Crippen LogP contribution is -2.15. The van der Waals surface area contributed by atoms with Crippen molar-refractivity contribution in [1.29, 1.82) is 0 Å². The van der Waals surface area contributed by atoms with Crippen LogP contribution in [0.1, 0.15) is 11.1 Å². The van der Waals surface area contributed by atoms with E-state index in [1.807, 2.05) is 0 Å². The summed E-state index contributed by atoms with van der Waals surface area (Å²) >= 11 is 0. The zero-order valence-corrected chi connectivity index (χ0v) is 8.41. The van der Waals surface area contributed by atoms with Crippen molar-refractivity contribution in [1.82, 2.24) is 0 Å². The first-order valence-electron chi connectivity index (χ1n) is 4.37. The lowest BCUT2D eigenvalue weighted by atomic mass is 10.1. The smallest absolute Gasteiger partial charge is 0.160 e. The second-order valence-electron chi connectivity index (χ2n) is 3.09. The Bertz CT molecular complexity index is 237. The summed E-state index contributed by atoms with van der Waals surface area (Å²) in [5, 5.41) is 0. The van der Waals surface area contributed by atoms with Crippen LogP contribution in [0.3, 0.4) is 0 Å². The van der Waals surface area contributed by atoms with Crippen molar-refractivity contribution < 1.29 is 9.47 Å². The fraction of sp³-hybridized carbons (Fsp3) is 0.455. The van der Waals surface area contributed by atoms with Crippen molar-refractivity contribution >= 4 is 0 Å². The topological polar surface area (TPSA) is 18.5 Å². The van der Waals surface area contributed by atoms with Crippen LogP contribution in [0.4, 0.5) is 0 Å². The van der Waals surface area contributed by atoms with Crippen molar-refractivity contribution in [2.45, 2.75) is 19.6 Å². The molecule has 0 spiro atoms. The molecule has 0 atom stereocenters. The average Bonchev–Trinajstić information content (AvgIpc) is 2.17. The van der Waals surface area contributed by atoms with Crippen LogP contribution in [0.25, 0.3) is 0 Å². The van der Waals surface area contributed by atoms with Gasteiger partial charge in [0.05, 0.1) is 0 Å². The first-order chi connectivity index (χ1) is 6.26. The molecule has 2 heteroatoms. The molecule has 0 saturated heterocycles. The molecule has 0 amide bonds. The van der Waals surface area contributed by atoms with Gasteiger partial charge in [0.25, 0.3) is 0 Å². The fourth-order valence-corrected chi connectivity index (χ4v) is 1.18. The number of hydrogen-bond acceptors (Lipinski definition) is 2. The molecular formula is C11H16O2. The number of aryl methyl sites for hydroxylation is 1. The van der Waals surface area contributed by atoms with E-state index in [1.165, 1.54) is 11.1 Å². The predicted molar refractivity (Wildman–Crippen MR) is 52.7 cm³/mol. The van der Waals surface area contributed by atoms with Gasteiger partial charge in [-0.2, -0.15) is 0 Å². The zero-order valence-electron chi connectivity index (χ0n) is 8.41. The zero-order chi connectivity index (χ0) is 9.68. The Morgan fingerprint density at radius 3 is 2.08 bits per heavy atom. The molecule has 0 heterocycles. The Labute approximate surface area is 79.5 Å². The van der Waals surface area contributed by atoms with Gasteiger partial charge in [-0.15, -0.1) is 0 Å². The van der Waals surface area contributed by atoms with Crippen LogP contribution in [-0.2, 0) is 15.9 Å². The van der Waals surface area contributed by atoms with Crippen molar-refractivity contribution in [3.8, 4) is 0 Å². The van der Waals surface area contributed by atoms with Crippen LogP contribution >= 0.6 is 0 Å². The molecule has 1 aromatic rings. The minimum Gasteiger partial charge on any atom is -0.356 e. The maximum Gasteiger partial charge on any atom is 0.160 e.